The van der Waals surface area contributed by atoms with Crippen LogP contribution in [0.15, 0.2) is 45.3 Å². The highest BCUT2D eigenvalue weighted by atomic mass is 127. The Bertz CT molecular complexity index is 792. The Balaban J connectivity index is 2.23. The van der Waals surface area contributed by atoms with Gasteiger partial charge in [-0.25, -0.2) is 4.79 Å². The highest BCUT2D eigenvalue weighted by Crippen LogP contribution is 2.48. The lowest BCUT2D eigenvalue weighted by Crippen LogP contribution is -2.42. The Morgan fingerprint density at radius 2 is 1.93 bits per heavy atom. The molecule has 146 valence electrons. The van der Waals surface area contributed by atoms with Crippen LogP contribution in [0.2, 0.25) is 0 Å². The van der Waals surface area contributed by atoms with E-state index in [2.05, 4.69) is 89.0 Å². The number of carboxylic acid groups (broad SMARTS) is 1. The Morgan fingerprint density at radius 3 is 2.44 bits per heavy atom. The average Bonchev–Trinajstić information content (AvgIpc) is 2.58. The summed E-state index contributed by atoms with van der Waals surface area (Å²) in [6.45, 7) is 0. The molecule has 0 heterocycles. The van der Waals surface area contributed by atoms with E-state index < -0.39 is 13.4 Å². The number of rotatable bonds is 7. The maximum Gasteiger partial charge on any atom is 0.326 e. The molecule has 0 aliphatic heterocycles. The molecule has 3 N–H and O–H groups in total. The molecule has 0 unspecified atom stereocenters. The third-order valence-corrected chi connectivity index (χ3v) is 6.66. The molecule has 27 heavy (non-hydrogen) atoms. The topological polar surface area (TPSA) is 95.9 Å². The molecule has 1 aliphatic carbocycles. The number of hydrogen-bond acceptors (Lipinski definition) is 4. The van der Waals surface area contributed by atoms with Crippen molar-refractivity contribution in [3.8, 4) is 11.5 Å². The van der Waals surface area contributed by atoms with Gasteiger partial charge in [0.15, 0.2) is 0 Å². The molecule has 1 atom stereocenters. The van der Waals surface area contributed by atoms with Crippen LogP contribution in [0.4, 0.5) is 0 Å². The van der Waals surface area contributed by atoms with Gasteiger partial charge in [-0.15, -0.1) is 0 Å². The van der Waals surface area contributed by atoms with Crippen LogP contribution >= 0.6 is 83.7 Å². The van der Waals surface area contributed by atoms with Gasteiger partial charge in [-0.3, -0.25) is 4.79 Å². The molecule has 2 rings (SSSR count). The Kier molecular flexibility index (Phi) is 8.67. The number of halogens is 4. The first kappa shape index (κ1) is 23.2. The van der Waals surface area contributed by atoms with Gasteiger partial charge < -0.3 is 20.3 Å². The van der Waals surface area contributed by atoms with Gasteiger partial charge in [-0.1, -0.05) is 66.7 Å². The van der Waals surface area contributed by atoms with E-state index in [1.807, 2.05) is 6.08 Å². The number of hydrogen-bond donors (Lipinski definition) is 3. The number of benzene rings is 1. The third-order valence-electron chi connectivity index (χ3n) is 3.61. The van der Waals surface area contributed by atoms with Crippen molar-refractivity contribution in [2.24, 2.45) is 0 Å². The van der Waals surface area contributed by atoms with Gasteiger partial charge in [-0.2, -0.15) is 0 Å². The predicted molar refractivity (Wildman–Crippen MR) is 131 cm³/mol. The molecule has 1 aromatic carbocycles. The molecular formula is C17H15BrI3NO5. The Morgan fingerprint density at radius 1 is 1.30 bits per heavy atom. The summed E-state index contributed by atoms with van der Waals surface area (Å²) >= 11 is 9.75. The van der Waals surface area contributed by atoms with Crippen molar-refractivity contribution in [2.75, 3.05) is 5.33 Å². The molecule has 6 nitrogen and oxygen atoms in total. The summed E-state index contributed by atoms with van der Waals surface area (Å²) in [5.74, 6) is 0.102. The summed E-state index contributed by atoms with van der Waals surface area (Å²) in [4.78, 5) is 23.0. The number of phenols is 1. The minimum atomic E-state index is -1.07. The normalized spacial score (nSPS) is 17.1. The van der Waals surface area contributed by atoms with Crippen LogP contribution in [0.5, 0.6) is 11.5 Å². The predicted octanol–water partition coefficient (Wildman–Crippen LogP) is 4.67. The van der Waals surface area contributed by atoms with Crippen molar-refractivity contribution in [3.05, 3.63) is 45.3 Å². The molecule has 1 aromatic rings. The van der Waals surface area contributed by atoms with E-state index in [1.165, 1.54) is 0 Å². The summed E-state index contributed by atoms with van der Waals surface area (Å²) in [6.07, 6.45) is 2.71. The van der Waals surface area contributed by atoms with Crippen LogP contribution in [0, 0.1) is 0 Å². The van der Waals surface area contributed by atoms with Crippen LogP contribution in [0.1, 0.15) is 12.8 Å². The van der Waals surface area contributed by atoms with Crippen molar-refractivity contribution < 1.29 is 24.5 Å². The maximum absolute atomic E-state index is 11.5. The highest BCUT2D eigenvalue weighted by Gasteiger charge is 2.37. The molecular weight excluding hydrogens is 759 g/mol. The van der Waals surface area contributed by atoms with Gasteiger partial charge in [0.1, 0.15) is 24.7 Å². The van der Waals surface area contributed by atoms with E-state index >= 15 is 0 Å². The third kappa shape index (κ3) is 6.73. The highest BCUT2D eigenvalue weighted by molar-refractivity contribution is 14.2. The number of amides is 1. The van der Waals surface area contributed by atoms with Gasteiger partial charge in [0.05, 0.1) is 8.91 Å². The Labute approximate surface area is 205 Å². The number of ether oxygens (including phenoxy) is 1. The summed E-state index contributed by atoms with van der Waals surface area (Å²) in [7, 11) is 0. The van der Waals surface area contributed by atoms with Gasteiger partial charge >= 0.3 is 5.97 Å². The molecule has 1 aliphatic rings. The first-order chi connectivity index (χ1) is 12.6. The number of alkyl halides is 3. The van der Waals surface area contributed by atoms with Crippen LogP contribution in [0.3, 0.4) is 0 Å². The monoisotopic (exact) mass is 773 g/mol. The van der Waals surface area contributed by atoms with E-state index in [1.54, 1.807) is 24.3 Å². The number of carbonyl (C=O) groups is 2. The van der Waals surface area contributed by atoms with Crippen molar-refractivity contribution in [1.82, 2.24) is 5.32 Å². The van der Waals surface area contributed by atoms with Crippen molar-refractivity contribution >= 4 is 95.6 Å². The number of phenolic OH excluding ortho intramolecular Hbond substituents is 1. The van der Waals surface area contributed by atoms with Crippen LogP contribution in [-0.2, 0) is 9.59 Å². The fraction of sp³-hybridized carbons (Fsp3) is 0.294. The second kappa shape index (κ2) is 10.1. The second-order valence-electron chi connectivity index (χ2n) is 5.75. The van der Waals surface area contributed by atoms with Crippen molar-refractivity contribution in [1.29, 1.82) is 0 Å². The summed E-state index contributed by atoms with van der Waals surface area (Å²) in [6, 6.07) is 5.50. The zero-order valence-corrected chi connectivity index (χ0v) is 21.8. The fourth-order valence-corrected chi connectivity index (χ4v) is 6.40. The van der Waals surface area contributed by atoms with E-state index in [-0.39, 0.29) is 23.4 Å². The zero-order valence-electron chi connectivity index (χ0n) is 13.7. The van der Waals surface area contributed by atoms with Gasteiger partial charge in [0.2, 0.25) is 5.91 Å². The first-order valence-electron chi connectivity index (χ1n) is 7.65. The van der Waals surface area contributed by atoms with E-state index in [9.17, 15) is 19.8 Å². The maximum atomic E-state index is 11.5. The summed E-state index contributed by atoms with van der Waals surface area (Å²) < 4.78 is 6.49. The van der Waals surface area contributed by atoms with E-state index in [4.69, 9.17) is 4.74 Å². The molecule has 0 aromatic heterocycles. The first-order valence-corrected chi connectivity index (χ1v) is 12.0. The Hall–Kier alpha value is -0.0900. The smallest absolute Gasteiger partial charge is 0.326 e. The number of allylic oxidation sites excluding steroid dienone is 3. The fourth-order valence-electron chi connectivity index (χ4n) is 2.42. The van der Waals surface area contributed by atoms with E-state index in [0.717, 1.165) is 14.9 Å². The van der Waals surface area contributed by atoms with Gasteiger partial charge in [-0.05, 0) is 65.8 Å². The number of carbonyl (C=O) groups excluding carboxylic acids is 1. The van der Waals surface area contributed by atoms with E-state index in [0.29, 0.717) is 12.2 Å². The van der Waals surface area contributed by atoms with Crippen molar-refractivity contribution in [2.45, 2.75) is 20.3 Å². The molecule has 0 saturated heterocycles. The molecule has 0 fully saturated rings. The molecule has 10 heteroatoms. The SMILES string of the molecule is O=C(CBr)N[C@@H](CC1=CC(I)=C(Oc2ccc(O)cc2)C(I)(I)C1)C(=O)O. The quantitative estimate of drug-likeness (QED) is 0.277. The molecule has 0 radical (unpaired) electrons. The van der Waals surface area contributed by atoms with Gasteiger partial charge in [0, 0.05) is 0 Å². The molecule has 1 amide bonds. The standard InChI is InChI=1S/C17H15BrI3NO5/c18-8-14(24)22-13(16(25)26)6-9-5-12(19)15(17(20,21)7-9)27-11-3-1-10(23)2-4-11/h1-5,13,23H,6-8H2,(H,22,24)(H,25,26)/t13-/m0/s1. The number of aromatic hydroxyl groups is 1. The zero-order chi connectivity index (χ0) is 20.2. The van der Waals surface area contributed by atoms with Crippen LogP contribution < -0.4 is 10.1 Å². The minimum Gasteiger partial charge on any atom is -0.508 e. The lowest BCUT2D eigenvalue weighted by Gasteiger charge is -2.31. The number of carboxylic acids is 1. The van der Waals surface area contributed by atoms with Gasteiger partial charge in [0.25, 0.3) is 0 Å². The number of aliphatic carboxylic acids is 1. The molecule has 0 saturated carbocycles. The number of nitrogens with one attached hydrogen (secondary N) is 1. The molecule has 0 bridgehead atoms. The lowest BCUT2D eigenvalue weighted by atomic mass is 9.97. The second-order valence-corrected chi connectivity index (χ2v) is 13.2. The average molecular weight is 774 g/mol. The minimum absolute atomic E-state index is 0.0559. The molecule has 0 spiro atoms. The van der Waals surface area contributed by atoms with Crippen LogP contribution in [0.25, 0.3) is 0 Å². The lowest BCUT2D eigenvalue weighted by molar-refractivity contribution is -0.141. The summed E-state index contributed by atoms with van der Waals surface area (Å²) in [5, 5.41) is 21.4. The largest absolute Gasteiger partial charge is 0.508 e. The van der Waals surface area contributed by atoms with Crippen LogP contribution in [-0.4, -0.2) is 34.9 Å². The summed E-state index contributed by atoms with van der Waals surface area (Å²) in [5.41, 5.74) is 0.920. The van der Waals surface area contributed by atoms with Crippen molar-refractivity contribution in [3.63, 3.8) is 0 Å².